The topological polar surface area (TPSA) is 111 Å². The van der Waals surface area contributed by atoms with Gasteiger partial charge in [-0.3, -0.25) is 10.1 Å². The van der Waals surface area contributed by atoms with Gasteiger partial charge in [-0.2, -0.15) is 0 Å². The summed E-state index contributed by atoms with van der Waals surface area (Å²) in [6, 6.07) is 12.6. The van der Waals surface area contributed by atoms with Crippen LogP contribution in [0.2, 0.25) is 0 Å². The molecule has 0 spiro atoms. The van der Waals surface area contributed by atoms with E-state index in [4.69, 9.17) is 4.74 Å². The number of aryl methyl sites for hydroxylation is 2. The molecule has 162 valence electrons. The Hall–Kier alpha value is -3.40. The molecule has 0 saturated heterocycles. The number of tetrazole rings is 1. The predicted octanol–water partition coefficient (Wildman–Crippen LogP) is 3.18. The number of thioether (sulfide) groups is 1. The Labute approximate surface area is 184 Å². The van der Waals surface area contributed by atoms with Gasteiger partial charge in [0, 0.05) is 5.69 Å². The molecule has 0 bridgehead atoms. The van der Waals surface area contributed by atoms with Crippen LogP contribution in [0.15, 0.2) is 47.6 Å². The van der Waals surface area contributed by atoms with Crippen molar-refractivity contribution in [3.8, 4) is 5.75 Å². The van der Waals surface area contributed by atoms with Gasteiger partial charge in [-0.15, -0.1) is 5.10 Å². The molecule has 2 N–H and O–H groups in total. The molecule has 0 aliphatic carbocycles. The molecule has 3 aromatic rings. The maximum absolute atomic E-state index is 12.5. The maximum atomic E-state index is 12.5. The SMILES string of the molecule is COc1ccc(Cn2nnnc2SC(C)C(=O)NC(=O)Nc2ccc(C)cc2C)cc1. The summed E-state index contributed by atoms with van der Waals surface area (Å²) in [6.45, 7) is 6.00. The lowest BCUT2D eigenvalue weighted by molar-refractivity contribution is -0.119. The molecule has 0 saturated carbocycles. The summed E-state index contributed by atoms with van der Waals surface area (Å²) in [7, 11) is 1.61. The summed E-state index contributed by atoms with van der Waals surface area (Å²) >= 11 is 1.18. The number of aromatic nitrogens is 4. The van der Waals surface area contributed by atoms with Crippen LogP contribution in [0.4, 0.5) is 10.5 Å². The van der Waals surface area contributed by atoms with Crippen LogP contribution in [0.25, 0.3) is 0 Å². The van der Waals surface area contributed by atoms with Gasteiger partial charge in [-0.25, -0.2) is 9.48 Å². The van der Waals surface area contributed by atoms with E-state index in [1.54, 1.807) is 24.8 Å². The summed E-state index contributed by atoms with van der Waals surface area (Å²) < 4.78 is 6.76. The second-order valence-corrected chi connectivity index (χ2v) is 8.30. The molecule has 0 aliphatic heterocycles. The monoisotopic (exact) mass is 440 g/mol. The highest BCUT2D eigenvalue weighted by Gasteiger charge is 2.21. The number of hydrogen-bond donors (Lipinski definition) is 2. The number of urea groups is 1. The van der Waals surface area contributed by atoms with Crippen molar-refractivity contribution in [2.45, 2.75) is 37.7 Å². The summed E-state index contributed by atoms with van der Waals surface area (Å²) in [5, 5.41) is 16.7. The maximum Gasteiger partial charge on any atom is 0.325 e. The second kappa shape index (κ2) is 10.1. The van der Waals surface area contributed by atoms with Gasteiger partial charge in [0.1, 0.15) is 5.75 Å². The normalized spacial score (nSPS) is 11.6. The molecule has 3 rings (SSSR count). The van der Waals surface area contributed by atoms with Crippen molar-refractivity contribution < 1.29 is 14.3 Å². The van der Waals surface area contributed by atoms with Gasteiger partial charge < -0.3 is 10.1 Å². The zero-order chi connectivity index (χ0) is 22.4. The molecule has 1 heterocycles. The van der Waals surface area contributed by atoms with Crippen molar-refractivity contribution in [2.75, 3.05) is 12.4 Å². The first-order chi connectivity index (χ1) is 14.9. The van der Waals surface area contributed by atoms with E-state index in [0.717, 1.165) is 22.4 Å². The van der Waals surface area contributed by atoms with E-state index in [-0.39, 0.29) is 0 Å². The molecule has 31 heavy (non-hydrogen) atoms. The number of anilines is 1. The predicted molar refractivity (Wildman–Crippen MR) is 118 cm³/mol. The molecular formula is C21H24N6O3S. The Bertz CT molecular complexity index is 1070. The molecule has 9 nitrogen and oxygen atoms in total. The lowest BCUT2D eigenvalue weighted by Gasteiger charge is -2.13. The summed E-state index contributed by atoms with van der Waals surface area (Å²) in [6.07, 6.45) is 0. The first-order valence-corrected chi connectivity index (χ1v) is 10.5. The highest BCUT2D eigenvalue weighted by molar-refractivity contribution is 8.00. The molecule has 10 heteroatoms. The smallest absolute Gasteiger partial charge is 0.325 e. The van der Waals surface area contributed by atoms with Gasteiger partial charge in [0.2, 0.25) is 11.1 Å². The van der Waals surface area contributed by atoms with Crippen molar-refractivity contribution in [3.63, 3.8) is 0 Å². The first-order valence-electron chi connectivity index (χ1n) is 9.60. The van der Waals surface area contributed by atoms with Crippen molar-refractivity contribution >= 4 is 29.4 Å². The van der Waals surface area contributed by atoms with E-state index in [0.29, 0.717) is 17.4 Å². The molecule has 0 aliphatic rings. The van der Waals surface area contributed by atoms with Gasteiger partial charge in [0.15, 0.2) is 0 Å². The summed E-state index contributed by atoms with van der Waals surface area (Å²) in [5.41, 5.74) is 3.65. The van der Waals surface area contributed by atoms with E-state index >= 15 is 0 Å². The Morgan fingerprint density at radius 2 is 1.90 bits per heavy atom. The fraction of sp³-hybridized carbons (Fsp3) is 0.286. The van der Waals surface area contributed by atoms with Crippen LogP contribution in [-0.2, 0) is 11.3 Å². The highest BCUT2D eigenvalue weighted by atomic mass is 32.2. The molecule has 1 aromatic heterocycles. The Kier molecular flexibility index (Phi) is 7.24. The van der Waals surface area contributed by atoms with Crippen molar-refractivity contribution in [1.82, 2.24) is 25.5 Å². The lowest BCUT2D eigenvalue weighted by Crippen LogP contribution is -2.39. The average Bonchev–Trinajstić information content (AvgIpc) is 3.17. The number of amides is 3. The Balaban J connectivity index is 1.57. The van der Waals surface area contributed by atoms with Crippen LogP contribution in [0.1, 0.15) is 23.6 Å². The van der Waals surface area contributed by atoms with Crippen LogP contribution in [0.5, 0.6) is 5.75 Å². The second-order valence-electron chi connectivity index (χ2n) is 6.99. The molecule has 2 aromatic carbocycles. The average molecular weight is 441 g/mol. The van der Waals surface area contributed by atoms with Crippen molar-refractivity contribution in [2.24, 2.45) is 0 Å². The number of carbonyl (C=O) groups is 2. The summed E-state index contributed by atoms with van der Waals surface area (Å²) in [5.74, 6) is 0.325. The van der Waals surface area contributed by atoms with Crippen LogP contribution in [0.3, 0.4) is 0 Å². The first kappa shape index (κ1) is 22.3. The number of hydrogen-bond acceptors (Lipinski definition) is 7. The largest absolute Gasteiger partial charge is 0.497 e. The van der Waals surface area contributed by atoms with Crippen molar-refractivity contribution in [3.05, 3.63) is 59.2 Å². The zero-order valence-corrected chi connectivity index (χ0v) is 18.6. The van der Waals surface area contributed by atoms with Gasteiger partial charge >= 0.3 is 6.03 Å². The van der Waals surface area contributed by atoms with Crippen LogP contribution < -0.4 is 15.4 Å². The summed E-state index contributed by atoms with van der Waals surface area (Å²) in [4.78, 5) is 24.7. The van der Waals surface area contributed by atoms with Gasteiger partial charge in [-0.05, 0) is 60.5 Å². The molecule has 0 fully saturated rings. The number of methoxy groups -OCH3 is 1. The number of nitrogens with one attached hydrogen (secondary N) is 2. The number of carbonyl (C=O) groups excluding carboxylic acids is 2. The van der Waals surface area contributed by atoms with E-state index in [1.165, 1.54) is 11.8 Å². The van der Waals surface area contributed by atoms with E-state index in [2.05, 4.69) is 26.2 Å². The number of benzene rings is 2. The van der Waals surface area contributed by atoms with Gasteiger partial charge in [0.25, 0.3) is 0 Å². The minimum absolute atomic E-state index is 0.439. The van der Waals surface area contributed by atoms with Crippen LogP contribution in [-0.4, -0.2) is 44.5 Å². The molecular weight excluding hydrogens is 416 g/mol. The Morgan fingerprint density at radius 3 is 2.58 bits per heavy atom. The van der Waals surface area contributed by atoms with Crippen LogP contribution >= 0.6 is 11.8 Å². The minimum Gasteiger partial charge on any atom is -0.497 e. The quantitative estimate of drug-likeness (QED) is 0.543. The highest BCUT2D eigenvalue weighted by Crippen LogP contribution is 2.22. The van der Waals surface area contributed by atoms with E-state index in [9.17, 15) is 9.59 Å². The van der Waals surface area contributed by atoms with Gasteiger partial charge in [0.05, 0.1) is 18.9 Å². The minimum atomic E-state index is -0.581. The standard InChI is InChI=1S/C21H24N6O3S/c1-13-5-10-18(14(2)11-13)22-20(29)23-19(28)15(3)31-21-24-25-26-27(21)12-16-6-8-17(30-4)9-7-16/h5-11,15H,12H2,1-4H3,(H2,22,23,28,29). The zero-order valence-electron chi connectivity index (χ0n) is 17.7. The fourth-order valence-corrected chi connectivity index (χ4v) is 3.61. The number of rotatable bonds is 7. The molecule has 0 radical (unpaired) electrons. The Morgan fingerprint density at radius 1 is 1.16 bits per heavy atom. The lowest BCUT2D eigenvalue weighted by atomic mass is 10.1. The van der Waals surface area contributed by atoms with E-state index < -0.39 is 17.2 Å². The number of nitrogens with zero attached hydrogens (tertiary/aromatic N) is 4. The number of imide groups is 1. The van der Waals surface area contributed by atoms with Gasteiger partial charge in [-0.1, -0.05) is 41.6 Å². The third kappa shape index (κ3) is 6.05. The third-order valence-corrected chi connectivity index (χ3v) is 5.58. The van der Waals surface area contributed by atoms with Crippen LogP contribution in [0, 0.1) is 13.8 Å². The molecule has 3 amide bonds. The van der Waals surface area contributed by atoms with E-state index in [1.807, 2.05) is 50.2 Å². The number of ether oxygens (including phenoxy) is 1. The molecule has 1 atom stereocenters. The third-order valence-electron chi connectivity index (χ3n) is 4.51. The fourth-order valence-electron chi connectivity index (χ4n) is 2.82. The molecule has 1 unspecified atom stereocenters. The van der Waals surface area contributed by atoms with Crippen molar-refractivity contribution in [1.29, 1.82) is 0 Å².